The molecule has 126 valence electrons. The van der Waals surface area contributed by atoms with E-state index in [-0.39, 0.29) is 22.6 Å². The van der Waals surface area contributed by atoms with Crippen LogP contribution in [0.15, 0.2) is 16.9 Å². The lowest BCUT2D eigenvalue weighted by Gasteiger charge is -2.24. The summed E-state index contributed by atoms with van der Waals surface area (Å²) in [5.74, 6) is 0.738. The zero-order valence-electron chi connectivity index (χ0n) is 14.2. The highest BCUT2D eigenvalue weighted by molar-refractivity contribution is 5.77. The minimum Gasteiger partial charge on any atom is -0.508 e. The first-order valence-corrected chi connectivity index (χ1v) is 8.49. The van der Waals surface area contributed by atoms with Crippen molar-refractivity contribution in [3.8, 4) is 5.75 Å². The summed E-state index contributed by atoms with van der Waals surface area (Å²) in [7, 11) is 0. The second kappa shape index (κ2) is 5.69. The zero-order valence-corrected chi connectivity index (χ0v) is 14.2. The fourth-order valence-electron chi connectivity index (χ4n) is 4.52. The summed E-state index contributed by atoms with van der Waals surface area (Å²) >= 11 is 0. The third kappa shape index (κ3) is 2.89. The molecule has 0 unspecified atom stereocenters. The van der Waals surface area contributed by atoms with E-state index in [1.54, 1.807) is 17.6 Å². The molecule has 1 N–H and O–H groups in total. The predicted molar refractivity (Wildman–Crippen MR) is 88.3 cm³/mol. The van der Waals surface area contributed by atoms with E-state index in [9.17, 15) is 14.7 Å². The molecule has 1 amide bonds. The third-order valence-corrected chi connectivity index (χ3v) is 5.65. The summed E-state index contributed by atoms with van der Waals surface area (Å²) < 4.78 is 1.56. The maximum absolute atomic E-state index is 12.7. The van der Waals surface area contributed by atoms with Crippen LogP contribution in [0.1, 0.15) is 45.2 Å². The first-order chi connectivity index (χ1) is 10.8. The Morgan fingerprint density at radius 1 is 1.35 bits per heavy atom. The largest absolute Gasteiger partial charge is 0.508 e. The van der Waals surface area contributed by atoms with E-state index in [0.29, 0.717) is 30.6 Å². The molecule has 1 saturated heterocycles. The summed E-state index contributed by atoms with van der Waals surface area (Å²) in [6.07, 6.45) is 3.87. The van der Waals surface area contributed by atoms with Crippen LogP contribution in [0.4, 0.5) is 0 Å². The molecule has 5 heteroatoms. The number of hydrogen-bond donors (Lipinski definition) is 1. The highest BCUT2D eigenvalue weighted by atomic mass is 16.3. The summed E-state index contributed by atoms with van der Waals surface area (Å²) in [6.45, 7) is 7.50. The van der Waals surface area contributed by atoms with Gasteiger partial charge in [0.2, 0.25) is 5.91 Å². The normalized spacial score (nSPS) is 25.6. The summed E-state index contributed by atoms with van der Waals surface area (Å²) in [4.78, 5) is 26.7. The average Bonchev–Trinajstić information content (AvgIpc) is 3.01. The van der Waals surface area contributed by atoms with Gasteiger partial charge in [-0.25, -0.2) is 0 Å². The van der Waals surface area contributed by atoms with Gasteiger partial charge in [-0.3, -0.25) is 9.59 Å². The van der Waals surface area contributed by atoms with Crippen LogP contribution in [-0.2, 0) is 11.3 Å². The van der Waals surface area contributed by atoms with Crippen LogP contribution in [-0.4, -0.2) is 33.1 Å². The summed E-state index contributed by atoms with van der Waals surface area (Å²) in [5, 5.41) is 9.44. The topological polar surface area (TPSA) is 62.5 Å². The van der Waals surface area contributed by atoms with Crippen molar-refractivity contribution in [3.05, 3.63) is 28.2 Å². The van der Waals surface area contributed by atoms with Gasteiger partial charge in [-0.15, -0.1) is 0 Å². The number of aryl methyl sites for hydroxylation is 1. The fraction of sp³-hybridized carbons (Fsp3) is 0.667. The monoisotopic (exact) mass is 318 g/mol. The Kier molecular flexibility index (Phi) is 3.98. The molecule has 1 aliphatic carbocycles. The SMILES string of the molecule is Cc1cc(O)cc(=O)n1CCC(=O)N1CC(C)(C)[C@@H]2CCC[C@@H]21. The fourth-order valence-corrected chi connectivity index (χ4v) is 4.52. The number of carbonyl (C=O) groups excluding carboxylic acids is 1. The van der Waals surface area contributed by atoms with E-state index in [1.807, 2.05) is 0 Å². The van der Waals surface area contributed by atoms with Crippen molar-refractivity contribution in [2.24, 2.45) is 11.3 Å². The molecule has 0 radical (unpaired) electrons. The molecule has 5 nitrogen and oxygen atoms in total. The number of aromatic nitrogens is 1. The lowest BCUT2D eigenvalue weighted by atomic mass is 9.80. The molecule has 1 saturated carbocycles. The first-order valence-electron chi connectivity index (χ1n) is 8.49. The van der Waals surface area contributed by atoms with E-state index < -0.39 is 0 Å². The highest BCUT2D eigenvalue weighted by Crippen LogP contribution is 2.48. The molecule has 0 aromatic carbocycles. The molecule has 2 aliphatic rings. The molecule has 2 heterocycles. The second-order valence-electron chi connectivity index (χ2n) is 7.71. The maximum Gasteiger partial charge on any atom is 0.254 e. The van der Waals surface area contributed by atoms with Crippen LogP contribution in [0.3, 0.4) is 0 Å². The molecule has 2 fully saturated rings. The number of amides is 1. The van der Waals surface area contributed by atoms with Crippen molar-refractivity contribution in [2.45, 2.75) is 59.0 Å². The van der Waals surface area contributed by atoms with Crippen molar-refractivity contribution in [1.82, 2.24) is 9.47 Å². The first kappa shape index (κ1) is 16.1. The Morgan fingerprint density at radius 3 is 2.78 bits per heavy atom. The maximum atomic E-state index is 12.7. The smallest absolute Gasteiger partial charge is 0.254 e. The van der Waals surface area contributed by atoms with Gasteiger partial charge < -0.3 is 14.6 Å². The van der Waals surface area contributed by atoms with Crippen LogP contribution in [0.25, 0.3) is 0 Å². The average molecular weight is 318 g/mol. The van der Waals surface area contributed by atoms with Crippen LogP contribution < -0.4 is 5.56 Å². The molecule has 23 heavy (non-hydrogen) atoms. The number of nitrogens with zero attached hydrogens (tertiary/aromatic N) is 2. The van der Waals surface area contributed by atoms with Gasteiger partial charge in [0.15, 0.2) is 0 Å². The minimum absolute atomic E-state index is 0.0230. The van der Waals surface area contributed by atoms with E-state index in [0.717, 1.165) is 13.0 Å². The number of aromatic hydroxyl groups is 1. The highest BCUT2D eigenvalue weighted by Gasteiger charge is 2.50. The Hall–Kier alpha value is -1.78. The van der Waals surface area contributed by atoms with Crippen molar-refractivity contribution in [2.75, 3.05) is 6.54 Å². The van der Waals surface area contributed by atoms with Crippen LogP contribution in [0.2, 0.25) is 0 Å². The number of rotatable bonds is 3. The van der Waals surface area contributed by atoms with Gasteiger partial charge >= 0.3 is 0 Å². The van der Waals surface area contributed by atoms with Crippen LogP contribution >= 0.6 is 0 Å². The molecule has 3 rings (SSSR count). The van der Waals surface area contributed by atoms with Gasteiger partial charge in [0.05, 0.1) is 0 Å². The van der Waals surface area contributed by atoms with Gasteiger partial charge in [0, 0.05) is 37.3 Å². The number of fused-ring (bicyclic) bond motifs is 1. The minimum atomic E-state index is -0.254. The van der Waals surface area contributed by atoms with Gasteiger partial charge in [0.25, 0.3) is 5.56 Å². The van der Waals surface area contributed by atoms with Crippen molar-refractivity contribution in [1.29, 1.82) is 0 Å². The van der Waals surface area contributed by atoms with Gasteiger partial charge in [0.1, 0.15) is 5.75 Å². The lowest BCUT2D eigenvalue weighted by molar-refractivity contribution is -0.132. The van der Waals surface area contributed by atoms with Crippen molar-refractivity contribution in [3.63, 3.8) is 0 Å². The molecule has 0 bridgehead atoms. The van der Waals surface area contributed by atoms with E-state index in [4.69, 9.17) is 0 Å². The molecular weight excluding hydrogens is 292 g/mol. The molecule has 1 aromatic heterocycles. The summed E-state index contributed by atoms with van der Waals surface area (Å²) in [5.41, 5.74) is 0.626. The van der Waals surface area contributed by atoms with Crippen molar-refractivity contribution >= 4 is 5.91 Å². The number of hydrogen-bond acceptors (Lipinski definition) is 3. The van der Waals surface area contributed by atoms with Gasteiger partial charge in [-0.1, -0.05) is 20.3 Å². The van der Waals surface area contributed by atoms with E-state index >= 15 is 0 Å². The predicted octanol–water partition coefficient (Wildman–Crippen LogP) is 2.29. The Morgan fingerprint density at radius 2 is 2.09 bits per heavy atom. The summed E-state index contributed by atoms with van der Waals surface area (Å²) in [6, 6.07) is 3.14. The van der Waals surface area contributed by atoms with Crippen LogP contribution in [0, 0.1) is 18.3 Å². The Labute approximate surface area is 136 Å². The Bertz CT molecular complexity index is 677. The molecule has 0 spiro atoms. The van der Waals surface area contributed by atoms with Gasteiger partial charge in [-0.2, -0.15) is 0 Å². The van der Waals surface area contributed by atoms with E-state index in [2.05, 4.69) is 18.7 Å². The van der Waals surface area contributed by atoms with Gasteiger partial charge in [-0.05, 0) is 37.2 Å². The molecule has 2 atom stereocenters. The second-order valence-corrected chi connectivity index (χ2v) is 7.71. The van der Waals surface area contributed by atoms with E-state index in [1.165, 1.54) is 18.9 Å². The standard InChI is InChI=1S/C18H26N2O3/c1-12-9-13(21)10-17(23)19(12)8-7-16(22)20-11-18(2,3)14-5-4-6-15(14)20/h9-10,14-15,21H,4-8,11H2,1-3H3/t14-,15+/m1/s1. The number of pyridine rings is 1. The lowest BCUT2D eigenvalue weighted by Crippen LogP contribution is -2.37. The number of carbonyl (C=O) groups is 1. The van der Waals surface area contributed by atoms with Crippen LogP contribution in [0.5, 0.6) is 5.75 Å². The quantitative estimate of drug-likeness (QED) is 0.930. The molecular formula is C18H26N2O3. The molecule has 1 aliphatic heterocycles. The molecule has 1 aromatic rings. The zero-order chi connectivity index (χ0) is 16.8. The third-order valence-electron chi connectivity index (χ3n) is 5.65. The number of likely N-dealkylation sites (tertiary alicyclic amines) is 1. The Balaban J connectivity index is 1.70. The van der Waals surface area contributed by atoms with Crippen molar-refractivity contribution < 1.29 is 9.90 Å².